The van der Waals surface area contributed by atoms with Crippen LogP contribution in [0, 0.1) is 6.92 Å². The maximum absolute atomic E-state index is 9.49. The monoisotopic (exact) mass is 259 g/mol. The Morgan fingerprint density at radius 2 is 2.26 bits per heavy atom. The lowest BCUT2D eigenvalue weighted by Crippen LogP contribution is -2.15. The van der Waals surface area contributed by atoms with Gasteiger partial charge in [-0.25, -0.2) is 0 Å². The molecule has 2 aromatic rings. The minimum Gasteiger partial charge on any atom is -0.392 e. The van der Waals surface area contributed by atoms with Gasteiger partial charge in [0, 0.05) is 13.0 Å². The lowest BCUT2D eigenvalue weighted by Gasteiger charge is -2.02. The van der Waals surface area contributed by atoms with Crippen molar-refractivity contribution in [3.63, 3.8) is 0 Å². The number of hydrogen-bond donors (Lipinski definition) is 2. The molecule has 1 fully saturated rings. The molecule has 2 atom stereocenters. The fraction of sp³-hybridized carbons (Fsp3) is 0.429. The largest absolute Gasteiger partial charge is 0.392 e. The molecule has 0 unspecified atom stereocenters. The van der Waals surface area contributed by atoms with Crippen LogP contribution in [0.5, 0.6) is 0 Å². The number of hydrogen-bond acceptors (Lipinski definition) is 5. The fourth-order valence-electron chi connectivity index (χ4n) is 2.36. The Morgan fingerprint density at radius 3 is 3.00 bits per heavy atom. The van der Waals surface area contributed by atoms with Crippen LogP contribution in [0.2, 0.25) is 0 Å². The van der Waals surface area contributed by atoms with E-state index in [1.807, 2.05) is 12.1 Å². The second-order valence-electron chi connectivity index (χ2n) is 5.00. The Kier molecular flexibility index (Phi) is 3.31. The fourth-order valence-corrected chi connectivity index (χ4v) is 2.36. The summed E-state index contributed by atoms with van der Waals surface area (Å²) in [6.07, 6.45) is 0.981. The van der Waals surface area contributed by atoms with Crippen LogP contribution in [0.15, 0.2) is 28.8 Å². The van der Waals surface area contributed by atoms with Gasteiger partial charge >= 0.3 is 0 Å². The van der Waals surface area contributed by atoms with Crippen molar-refractivity contribution in [3.8, 4) is 0 Å². The minimum atomic E-state index is -0.322. The van der Waals surface area contributed by atoms with Crippen molar-refractivity contribution in [1.82, 2.24) is 15.5 Å². The van der Waals surface area contributed by atoms with E-state index in [9.17, 15) is 5.11 Å². The highest BCUT2D eigenvalue weighted by molar-refractivity contribution is 5.28. The number of nitrogens with one attached hydrogen (secondary N) is 1. The number of aliphatic hydroxyl groups excluding tert-OH is 1. The van der Waals surface area contributed by atoms with Gasteiger partial charge in [-0.3, -0.25) is 0 Å². The molecular formula is C14H17N3O2. The summed E-state index contributed by atoms with van der Waals surface area (Å²) in [5, 5.41) is 16.7. The summed E-state index contributed by atoms with van der Waals surface area (Å²) in [5.74, 6) is 1.26. The van der Waals surface area contributed by atoms with Gasteiger partial charge in [-0.05, 0) is 24.5 Å². The predicted molar refractivity (Wildman–Crippen MR) is 69.7 cm³/mol. The van der Waals surface area contributed by atoms with Gasteiger partial charge in [-0.15, -0.1) is 0 Å². The molecule has 0 bridgehead atoms. The topological polar surface area (TPSA) is 71.2 Å². The van der Waals surface area contributed by atoms with Crippen LogP contribution in [0.4, 0.5) is 0 Å². The van der Waals surface area contributed by atoms with E-state index in [1.165, 1.54) is 11.1 Å². The van der Waals surface area contributed by atoms with Crippen LogP contribution in [0.3, 0.4) is 0 Å². The van der Waals surface area contributed by atoms with Crippen LogP contribution in [0.1, 0.15) is 35.3 Å². The van der Waals surface area contributed by atoms with Gasteiger partial charge in [-0.2, -0.15) is 4.98 Å². The predicted octanol–water partition coefficient (Wildman–Crippen LogP) is 1.36. The first kappa shape index (κ1) is 12.3. The van der Waals surface area contributed by atoms with E-state index in [0.717, 1.165) is 0 Å². The number of rotatable bonds is 3. The first-order valence-corrected chi connectivity index (χ1v) is 6.51. The number of benzene rings is 1. The normalized spacial score (nSPS) is 22.8. The highest BCUT2D eigenvalue weighted by Gasteiger charge is 2.28. The van der Waals surface area contributed by atoms with Gasteiger partial charge in [-0.1, -0.05) is 29.4 Å². The summed E-state index contributed by atoms with van der Waals surface area (Å²) >= 11 is 0. The highest BCUT2D eigenvalue weighted by atomic mass is 16.5. The molecule has 100 valence electrons. The minimum absolute atomic E-state index is 0.0203. The van der Waals surface area contributed by atoms with Gasteiger partial charge < -0.3 is 14.9 Å². The van der Waals surface area contributed by atoms with E-state index < -0.39 is 0 Å². The summed E-state index contributed by atoms with van der Waals surface area (Å²) in [6.45, 7) is 2.66. The van der Waals surface area contributed by atoms with Gasteiger partial charge in [0.2, 0.25) is 5.89 Å². The summed E-state index contributed by atoms with van der Waals surface area (Å²) in [5.41, 5.74) is 2.43. The molecule has 2 heterocycles. The molecule has 0 saturated carbocycles. The van der Waals surface area contributed by atoms with Crippen LogP contribution >= 0.6 is 0 Å². The average molecular weight is 259 g/mol. The van der Waals surface area contributed by atoms with Crippen LogP contribution in [-0.4, -0.2) is 27.9 Å². The second kappa shape index (κ2) is 5.11. The van der Waals surface area contributed by atoms with Gasteiger partial charge in [0.1, 0.15) is 0 Å². The van der Waals surface area contributed by atoms with E-state index in [2.05, 4.69) is 34.5 Å². The summed E-state index contributed by atoms with van der Waals surface area (Å²) in [7, 11) is 0. The SMILES string of the molecule is Cc1ccccc1Cc1noc([C@H]2C[C@H](O)CN2)n1. The molecule has 5 heteroatoms. The van der Waals surface area contributed by atoms with Crippen LogP contribution in [-0.2, 0) is 6.42 Å². The Hall–Kier alpha value is -1.72. The zero-order valence-corrected chi connectivity index (χ0v) is 10.8. The van der Waals surface area contributed by atoms with Crippen LogP contribution < -0.4 is 5.32 Å². The maximum atomic E-state index is 9.49. The smallest absolute Gasteiger partial charge is 0.243 e. The molecule has 1 aliphatic heterocycles. The first-order valence-electron chi connectivity index (χ1n) is 6.51. The lowest BCUT2D eigenvalue weighted by atomic mass is 10.1. The molecule has 0 aliphatic carbocycles. The quantitative estimate of drug-likeness (QED) is 0.871. The molecule has 3 rings (SSSR count). The average Bonchev–Trinajstić information content (AvgIpc) is 3.01. The molecule has 0 radical (unpaired) electrons. The second-order valence-corrected chi connectivity index (χ2v) is 5.00. The van der Waals surface area contributed by atoms with Crippen molar-refractivity contribution < 1.29 is 9.63 Å². The summed E-state index contributed by atoms with van der Waals surface area (Å²) < 4.78 is 5.27. The molecule has 19 heavy (non-hydrogen) atoms. The Labute approximate surface area is 111 Å². The van der Waals surface area contributed by atoms with Gasteiger partial charge in [0.25, 0.3) is 0 Å². The molecule has 2 N–H and O–H groups in total. The molecule has 1 aromatic heterocycles. The third kappa shape index (κ3) is 2.67. The Bertz CT molecular complexity index is 567. The van der Waals surface area contributed by atoms with Crippen molar-refractivity contribution in [1.29, 1.82) is 0 Å². The first-order chi connectivity index (χ1) is 9.22. The zero-order chi connectivity index (χ0) is 13.2. The van der Waals surface area contributed by atoms with E-state index in [-0.39, 0.29) is 12.1 Å². The van der Waals surface area contributed by atoms with Gasteiger partial charge in [0.15, 0.2) is 5.82 Å². The number of aromatic nitrogens is 2. The maximum Gasteiger partial charge on any atom is 0.243 e. The van der Waals surface area contributed by atoms with E-state index in [1.54, 1.807) is 0 Å². The van der Waals surface area contributed by atoms with Crippen molar-refractivity contribution in [2.24, 2.45) is 0 Å². The number of β-amino-alcohol motifs (C(OH)–C–C–N with tert-alkyl or cyclic N) is 1. The third-order valence-electron chi connectivity index (χ3n) is 3.50. The number of nitrogens with zero attached hydrogens (tertiary/aromatic N) is 2. The summed E-state index contributed by atoms with van der Waals surface area (Å²) in [6, 6.07) is 8.16. The van der Waals surface area contributed by atoms with Crippen molar-refractivity contribution in [2.45, 2.75) is 31.9 Å². The molecule has 5 nitrogen and oxygen atoms in total. The van der Waals surface area contributed by atoms with E-state index >= 15 is 0 Å². The Balaban J connectivity index is 1.73. The van der Waals surface area contributed by atoms with Crippen molar-refractivity contribution in [3.05, 3.63) is 47.1 Å². The van der Waals surface area contributed by atoms with E-state index in [0.29, 0.717) is 31.1 Å². The number of aliphatic hydroxyl groups is 1. The third-order valence-corrected chi connectivity index (χ3v) is 3.50. The zero-order valence-electron chi connectivity index (χ0n) is 10.8. The van der Waals surface area contributed by atoms with Crippen molar-refractivity contribution in [2.75, 3.05) is 6.54 Å². The van der Waals surface area contributed by atoms with E-state index in [4.69, 9.17) is 4.52 Å². The van der Waals surface area contributed by atoms with Gasteiger partial charge in [0.05, 0.1) is 12.1 Å². The molecule has 1 aromatic carbocycles. The lowest BCUT2D eigenvalue weighted by molar-refractivity contribution is 0.191. The van der Waals surface area contributed by atoms with Crippen molar-refractivity contribution >= 4 is 0 Å². The standard InChI is InChI=1S/C14H17N3O2/c1-9-4-2-3-5-10(9)6-13-16-14(19-17-13)12-7-11(18)8-15-12/h2-5,11-12,15,18H,6-8H2,1H3/t11-,12+/m0/s1. The molecule has 0 spiro atoms. The highest BCUT2D eigenvalue weighted by Crippen LogP contribution is 2.22. The molecule has 0 amide bonds. The molecular weight excluding hydrogens is 242 g/mol. The van der Waals surface area contributed by atoms with Crippen LogP contribution in [0.25, 0.3) is 0 Å². The molecule has 1 saturated heterocycles. The summed E-state index contributed by atoms with van der Waals surface area (Å²) in [4.78, 5) is 4.41. The number of aryl methyl sites for hydroxylation is 1. The molecule has 1 aliphatic rings. The Morgan fingerprint density at radius 1 is 1.42 bits per heavy atom.